The maximum Gasteiger partial charge on any atom is 0.261 e. The Balaban J connectivity index is 1.70. The van der Waals surface area contributed by atoms with Gasteiger partial charge in [-0.3, -0.25) is 9.59 Å². The van der Waals surface area contributed by atoms with Gasteiger partial charge in [-0.2, -0.15) is 0 Å². The number of rotatable bonds is 9. The van der Waals surface area contributed by atoms with Crippen LogP contribution in [0.2, 0.25) is 0 Å². The molecular weight excluding hydrogens is 388 g/mol. The molecule has 5 nitrogen and oxygen atoms in total. The molecule has 166 valence electrons. The van der Waals surface area contributed by atoms with E-state index in [0.717, 1.165) is 43.2 Å². The molecule has 0 saturated heterocycles. The van der Waals surface area contributed by atoms with Crippen LogP contribution in [0.4, 0.5) is 0 Å². The van der Waals surface area contributed by atoms with Crippen molar-refractivity contribution in [3.63, 3.8) is 0 Å². The van der Waals surface area contributed by atoms with Crippen LogP contribution < -0.4 is 10.1 Å². The summed E-state index contributed by atoms with van der Waals surface area (Å²) in [6.45, 7) is 6.20. The van der Waals surface area contributed by atoms with Crippen molar-refractivity contribution in [1.82, 2.24) is 10.2 Å². The van der Waals surface area contributed by atoms with E-state index in [1.165, 1.54) is 5.56 Å². The molecule has 0 aliphatic heterocycles. The number of ether oxygens (including phenoxy) is 1. The second kappa shape index (κ2) is 11.0. The van der Waals surface area contributed by atoms with Gasteiger partial charge in [0.1, 0.15) is 11.8 Å². The van der Waals surface area contributed by atoms with Crippen LogP contribution in [-0.4, -0.2) is 35.4 Å². The summed E-state index contributed by atoms with van der Waals surface area (Å²) in [7, 11) is 0. The minimum atomic E-state index is -0.571. The Morgan fingerprint density at radius 2 is 1.77 bits per heavy atom. The molecule has 1 unspecified atom stereocenters. The zero-order chi connectivity index (χ0) is 22.2. The average molecular weight is 423 g/mol. The molecule has 2 aromatic rings. The summed E-state index contributed by atoms with van der Waals surface area (Å²) in [5.41, 5.74) is 3.35. The number of nitrogens with zero attached hydrogens (tertiary/aromatic N) is 1. The highest BCUT2D eigenvalue weighted by molar-refractivity contribution is 5.88. The molecule has 1 aliphatic rings. The van der Waals surface area contributed by atoms with Gasteiger partial charge in [-0.15, -0.1) is 0 Å². The molecule has 1 aliphatic carbocycles. The summed E-state index contributed by atoms with van der Waals surface area (Å²) in [6.07, 6.45) is 5.28. The summed E-state index contributed by atoms with van der Waals surface area (Å²) < 4.78 is 5.76. The number of benzene rings is 2. The van der Waals surface area contributed by atoms with Gasteiger partial charge < -0.3 is 15.0 Å². The molecule has 0 radical (unpaired) electrons. The number of aryl methyl sites for hydroxylation is 2. The van der Waals surface area contributed by atoms with Crippen molar-refractivity contribution in [3.8, 4) is 5.75 Å². The monoisotopic (exact) mass is 422 g/mol. The summed E-state index contributed by atoms with van der Waals surface area (Å²) in [5, 5.41) is 3.13. The van der Waals surface area contributed by atoms with E-state index in [-0.39, 0.29) is 24.5 Å². The van der Waals surface area contributed by atoms with Crippen LogP contribution in [0.1, 0.15) is 56.2 Å². The largest absolute Gasteiger partial charge is 0.484 e. The normalized spacial score (nSPS) is 14.8. The van der Waals surface area contributed by atoms with Crippen molar-refractivity contribution < 1.29 is 14.3 Å². The summed E-state index contributed by atoms with van der Waals surface area (Å²) in [5.74, 6) is 0.363. The van der Waals surface area contributed by atoms with E-state index in [2.05, 4.69) is 12.2 Å². The molecular formula is C26H34N2O3. The molecule has 5 heteroatoms. The first kappa shape index (κ1) is 22.9. The lowest BCUT2D eigenvalue weighted by atomic mass is 10.1. The maximum atomic E-state index is 13.2. The Morgan fingerprint density at radius 3 is 2.42 bits per heavy atom. The smallest absolute Gasteiger partial charge is 0.261 e. The molecule has 3 rings (SSSR count). The van der Waals surface area contributed by atoms with Gasteiger partial charge in [0.2, 0.25) is 5.91 Å². The predicted molar refractivity (Wildman–Crippen MR) is 123 cm³/mol. The summed E-state index contributed by atoms with van der Waals surface area (Å²) in [6, 6.07) is 15.4. The van der Waals surface area contributed by atoms with Crippen molar-refractivity contribution in [2.45, 2.75) is 71.5 Å². The predicted octanol–water partition coefficient (Wildman–Crippen LogP) is 4.41. The lowest BCUT2D eigenvalue weighted by Gasteiger charge is -2.30. The van der Waals surface area contributed by atoms with Gasteiger partial charge in [-0.05, 0) is 61.9 Å². The highest BCUT2D eigenvalue weighted by atomic mass is 16.5. The molecule has 2 aromatic carbocycles. The van der Waals surface area contributed by atoms with E-state index in [0.29, 0.717) is 12.3 Å². The van der Waals surface area contributed by atoms with Gasteiger partial charge in [-0.25, -0.2) is 0 Å². The molecule has 0 bridgehead atoms. The highest BCUT2D eigenvalue weighted by Crippen LogP contribution is 2.19. The zero-order valence-corrected chi connectivity index (χ0v) is 18.9. The van der Waals surface area contributed by atoms with Crippen molar-refractivity contribution in [2.75, 3.05) is 6.61 Å². The van der Waals surface area contributed by atoms with E-state index in [1.54, 1.807) is 11.8 Å². The standard InChI is InChI=1S/C26H34N2O3/c1-4-21-13-15-24(16-14-21)31-18-25(29)28(17-22-10-6-5-9-19(22)2)20(3)26(30)27-23-11-7-8-12-23/h5-6,9-10,13-16,20,23H,4,7-8,11-12,17-18H2,1-3H3,(H,27,30). The minimum absolute atomic E-state index is 0.0962. The highest BCUT2D eigenvalue weighted by Gasteiger charge is 2.29. The van der Waals surface area contributed by atoms with Crippen molar-refractivity contribution in [2.24, 2.45) is 0 Å². The molecule has 0 heterocycles. The van der Waals surface area contributed by atoms with E-state index in [9.17, 15) is 9.59 Å². The topological polar surface area (TPSA) is 58.6 Å². The lowest BCUT2D eigenvalue weighted by molar-refractivity contribution is -0.142. The maximum absolute atomic E-state index is 13.2. The SMILES string of the molecule is CCc1ccc(OCC(=O)N(Cc2ccccc2C)C(C)C(=O)NC2CCCC2)cc1. The fourth-order valence-electron chi connectivity index (χ4n) is 3.99. The first-order chi connectivity index (χ1) is 15.0. The van der Waals surface area contributed by atoms with Gasteiger partial charge in [0, 0.05) is 12.6 Å². The Bertz CT molecular complexity index is 872. The lowest BCUT2D eigenvalue weighted by Crippen LogP contribution is -2.50. The molecule has 2 amide bonds. The van der Waals surface area contributed by atoms with E-state index in [1.807, 2.05) is 55.5 Å². The second-order valence-corrected chi connectivity index (χ2v) is 8.40. The van der Waals surface area contributed by atoms with Gasteiger partial charge >= 0.3 is 0 Å². The van der Waals surface area contributed by atoms with Gasteiger partial charge in [0.15, 0.2) is 6.61 Å². The Morgan fingerprint density at radius 1 is 1.10 bits per heavy atom. The average Bonchev–Trinajstić information content (AvgIpc) is 3.30. The fraction of sp³-hybridized carbons (Fsp3) is 0.462. The van der Waals surface area contributed by atoms with Crippen LogP contribution in [0, 0.1) is 6.92 Å². The quantitative estimate of drug-likeness (QED) is 0.651. The first-order valence-electron chi connectivity index (χ1n) is 11.3. The molecule has 0 aromatic heterocycles. The van der Waals surface area contributed by atoms with Crippen LogP contribution in [-0.2, 0) is 22.6 Å². The molecule has 31 heavy (non-hydrogen) atoms. The number of hydrogen-bond donors (Lipinski definition) is 1. The Hall–Kier alpha value is -2.82. The fourth-order valence-corrected chi connectivity index (χ4v) is 3.99. The van der Waals surface area contributed by atoms with Crippen LogP contribution in [0.15, 0.2) is 48.5 Å². The van der Waals surface area contributed by atoms with Gasteiger partial charge in [-0.1, -0.05) is 56.2 Å². The molecule has 1 saturated carbocycles. The van der Waals surface area contributed by atoms with Gasteiger partial charge in [0.25, 0.3) is 5.91 Å². The van der Waals surface area contributed by atoms with Crippen molar-refractivity contribution in [3.05, 3.63) is 65.2 Å². The Labute approximate surface area is 185 Å². The van der Waals surface area contributed by atoms with Crippen LogP contribution in [0.5, 0.6) is 5.75 Å². The molecule has 1 fully saturated rings. The molecule has 1 atom stereocenters. The van der Waals surface area contributed by atoms with Crippen LogP contribution in [0.25, 0.3) is 0 Å². The molecule has 1 N–H and O–H groups in total. The molecule has 0 spiro atoms. The number of nitrogens with one attached hydrogen (secondary N) is 1. The van der Waals surface area contributed by atoms with E-state index >= 15 is 0 Å². The van der Waals surface area contributed by atoms with Crippen molar-refractivity contribution in [1.29, 1.82) is 0 Å². The van der Waals surface area contributed by atoms with Crippen LogP contribution >= 0.6 is 0 Å². The third-order valence-electron chi connectivity index (χ3n) is 6.16. The number of carbonyl (C=O) groups excluding carboxylic acids is 2. The van der Waals surface area contributed by atoms with Gasteiger partial charge in [0.05, 0.1) is 0 Å². The third-order valence-corrected chi connectivity index (χ3v) is 6.16. The summed E-state index contributed by atoms with van der Waals surface area (Å²) in [4.78, 5) is 27.7. The van der Waals surface area contributed by atoms with Crippen molar-refractivity contribution >= 4 is 11.8 Å². The zero-order valence-electron chi connectivity index (χ0n) is 18.9. The first-order valence-corrected chi connectivity index (χ1v) is 11.3. The number of hydrogen-bond acceptors (Lipinski definition) is 3. The summed E-state index contributed by atoms with van der Waals surface area (Å²) >= 11 is 0. The second-order valence-electron chi connectivity index (χ2n) is 8.40. The van der Waals surface area contributed by atoms with Crippen LogP contribution in [0.3, 0.4) is 0 Å². The van der Waals surface area contributed by atoms with E-state index in [4.69, 9.17) is 4.74 Å². The third kappa shape index (κ3) is 6.33. The minimum Gasteiger partial charge on any atom is -0.484 e. The Kier molecular flexibility index (Phi) is 8.10. The van der Waals surface area contributed by atoms with E-state index < -0.39 is 6.04 Å². The number of amides is 2. The number of carbonyl (C=O) groups is 2.